The first-order valence-electron chi connectivity index (χ1n) is 22.3. The van der Waals surface area contributed by atoms with Crippen molar-refractivity contribution in [2.75, 3.05) is 17.3 Å². The van der Waals surface area contributed by atoms with Crippen molar-refractivity contribution in [3.05, 3.63) is 168 Å². The average Bonchev–Trinajstić information content (AvgIpc) is 3.56. The number of aromatic nitrogens is 2. The number of pyridine rings is 1. The summed E-state index contributed by atoms with van der Waals surface area (Å²) in [5.74, 6) is 2.45. The minimum Gasteiger partial charge on any atom is -0.457 e. The molecule has 0 amide bonds. The van der Waals surface area contributed by atoms with E-state index in [0.717, 1.165) is 56.5 Å². The first-order chi connectivity index (χ1) is 29.6. The molecule has 322 valence electrons. The zero-order chi connectivity index (χ0) is 45.1. The maximum absolute atomic E-state index is 6.93. The van der Waals surface area contributed by atoms with E-state index in [0.29, 0.717) is 0 Å². The van der Waals surface area contributed by atoms with Gasteiger partial charge < -0.3 is 15.0 Å². The molecular formula is C58H64N4O. The van der Waals surface area contributed by atoms with Gasteiger partial charge >= 0.3 is 0 Å². The Morgan fingerprint density at radius 1 is 0.492 bits per heavy atom. The number of hydrogen-bond donors (Lipinski definition) is 1. The summed E-state index contributed by atoms with van der Waals surface area (Å²) >= 11 is 0. The SMILES string of the molecule is CN(c1cc(Oc2ccc3c4ccccc4n(-c4cc(C(C)(C)C)ccn4)c3c2)cc(C(C)(C)C)c1)c1ccc(C(C)(C)C)cc1Nc1cc(-c2ccccc2)cc(C(C)(C)C)c1. The lowest BCUT2D eigenvalue weighted by Gasteiger charge is -2.29. The molecule has 0 atom stereocenters. The van der Waals surface area contributed by atoms with Crippen molar-refractivity contribution in [2.45, 2.75) is 105 Å². The van der Waals surface area contributed by atoms with Crippen LogP contribution >= 0.6 is 0 Å². The molecule has 0 bridgehead atoms. The summed E-state index contributed by atoms with van der Waals surface area (Å²) in [5.41, 5.74) is 13.5. The molecule has 0 fully saturated rings. The smallest absolute Gasteiger partial charge is 0.137 e. The van der Waals surface area contributed by atoms with E-state index in [1.54, 1.807) is 0 Å². The second kappa shape index (κ2) is 16.1. The molecule has 1 N–H and O–H groups in total. The molecule has 2 heterocycles. The van der Waals surface area contributed by atoms with Gasteiger partial charge in [-0.2, -0.15) is 0 Å². The summed E-state index contributed by atoms with van der Waals surface area (Å²) < 4.78 is 9.20. The molecule has 0 unspecified atom stereocenters. The van der Waals surface area contributed by atoms with Crippen molar-refractivity contribution >= 4 is 44.6 Å². The molecule has 2 aromatic heterocycles. The van der Waals surface area contributed by atoms with Gasteiger partial charge in [0, 0.05) is 47.5 Å². The first-order valence-corrected chi connectivity index (χ1v) is 22.3. The third-order valence-corrected chi connectivity index (χ3v) is 12.3. The van der Waals surface area contributed by atoms with Crippen LogP contribution in [0.4, 0.5) is 22.7 Å². The Kier molecular flexibility index (Phi) is 11.1. The molecule has 0 radical (unpaired) electrons. The van der Waals surface area contributed by atoms with Gasteiger partial charge in [0.1, 0.15) is 17.3 Å². The van der Waals surface area contributed by atoms with Gasteiger partial charge in [-0.15, -0.1) is 0 Å². The van der Waals surface area contributed by atoms with Crippen LogP contribution < -0.4 is 15.0 Å². The minimum atomic E-state index is -0.131. The van der Waals surface area contributed by atoms with E-state index < -0.39 is 0 Å². The van der Waals surface area contributed by atoms with Crippen molar-refractivity contribution in [2.24, 2.45) is 0 Å². The fourth-order valence-electron chi connectivity index (χ4n) is 8.29. The van der Waals surface area contributed by atoms with E-state index in [4.69, 9.17) is 9.72 Å². The van der Waals surface area contributed by atoms with Crippen LogP contribution in [-0.4, -0.2) is 16.6 Å². The van der Waals surface area contributed by atoms with Gasteiger partial charge in [-0.3, -0.25) is 4.57 Å². The third-order valence-electron chi connectivity index (χ3n) is 12.3. The number of benzene rings is 6. The highest BCUT2D eigenvalue weighted by molar-refractivity contribution is 6.09. The Bertz CT molecular complexity index is 2950. The summed E-state index contributed by atoms with van der Waals surface area (Å²) in [6.45, 7) is 27.2. The summed E-state index contributed by atoms with van der Waals surface area (Å²) in [4.78, 5) is 7.19. The summed E-state index contributed by atoms with van der Waals surface area (Å²) in [6, 6.07) is 50.4. The van der Waals surface area contributed by atoms with Gasteiger partial charge in [0.25, 0.3) is 0 Å². The molecule has 0 aliphatic rings. The number of nitrogens with one attached hydrogen (secondary N) is 1. The van der Waals surface area contributed by atoms with Gasteiger partial charge in [-0.25, -0.2) is 4.98 Å². The average molecular weight is 833 g/mol. The predicted molar refractivity (Wildman–Crippen MR) is 270 cm³/mol. The van der Waals surface area contributed by atoms with Crippen molar-refractivity contribution in [3.8, 4) is 28.4 Å². The predicted octanol–water partition coefficient (Wildman–Crippen LogP) is 16.3. The second-order valence-electron chi connectivity index (χ2n) is 21.3. The third kappa shape index (κ3) is 9.11. The Labute approximate surface area is 375 Å². The molecule has 0 aliphatic carbocycles. The number of nitrogens with zero attached hydrogens (tertiary/aromatic N) is 3. The van der Waals surface area contributed by atoms with Crippen LogP contribution in [-0.2, 0) is 21.7 Å². The topological polar surface area (TPSA) is 42.3 Å². The van der Waals surface area contributed by atoms with Crippen LogP contribution in [0.2, 0.25) is 0 Å². The molecular weight excluding hydrogens is 769 g/mol. The Hall–Kier alpha value is -6.33. The lowest BCUT2D eigenvalue weighted by Crippen LogP contribution is -2.17. The van der Waals surface area contributed by atoms with Gasteiger partial charge in [-0.05, 0) is 122 Å². The number of anilines is 4. The van der Waals surface area contributed by atoms with E-state index in [2.05, 4.69) is 244 Å². The van der Waals surface area contributed by atoms with E-state index in [9.17, 15) is 0 Å². The van der Waals surface area contributed by atoms with Crippen LogP contribution in [0.25, 0.3) is 38.8 Å². The minimum absolute atomic E-state index is 0.0116. The molecule has 0 saturated carbocycles. The van der Waals surface area contributed by atoms with Crippen LogP contribution in [0.5, 0.6) is 11.5 Å². The summed E-state index contributed by atoms with van der Waals surface area (Å²) in [5, 5.41) is 6.28. The van der Waals surface area contributed by atoms with Crippen LogP contribution in [0.15, 0.2) is 146 Å². The number of rotatable bonds is 8. The van der Waals surface area contributed by atoms with Crippen LogP contribution in [0.3, 0.4) is 0 Å². The molecule has 6 aromatic carbocycles. The lowest BCUT2D eigenvalue weighted by atomic mass is 9.84. The van der Waals surface area contributed by atoms with Gasteiger partial charge in [0.2, 0.25) is 0 Å². The number of ether oxygens (including phenoxy) is 1. The molecule has 5 nitrogen and oxygen atoms in total. The monoisotopic (exact) mass is 833 g/mol. The van der Waals surface area contributed by atoms with E-state index in [-0.39, 0.29) is 21.7 Å². The molecule has 8 rings (SSSR count). The van der Waals surface area contributed by atoms with Crippen LogP contribution in [0.1, 0.15) is 105 Å². The molecule has 0 saturated heterocycles. The van der Waals surface area contributed by atoms with E-state index in [1.165, 1.54) is 38.8 Å². The van der Waals surface area contributed by atoms with Crippen LogP contribution in [0, 0.1) is 0 Å². The highest BCUT2D eigenvalue weighted by Crippen LogP contribution is 2.42. The van der Waals surface area contributed by atoms with Crippen molar-refractivity contribution < 1.29 is 4.74 Å². The van der Waals surface area contributed by atoms with Gasteiger partial charge in [-0.1, -0.05) is 144 Å². The zero-order valence-electron chi connectivity index (χ0n) is 39.6. The normalized spacial score (nSPS) is 12.5. The molecule has 0 spiro atoms. The highest BCUT2D eigenvalue weighted by Gasteiger charge is 2.24. The fourth-order valence-corrected chi connectivity index (χ4v) is 8.29. The Morgan fingerprint density at radius 2 is 1.13 bits per heavy atom. The summed E-state index contributed by atoms with van der Waals surface area (Å²) in [7, 11) is 2.16. The Balaban J connectivity index is 1.22. The summed E-state index contributed by atoms with van der Waals surface area (Å²) in [6.07, 6.45) is 1.93. The maximum Gasteiger partial charge on any atom is 0.137 e. The second-order valence-corrected chi connectivity index (χ2v) is 21.3. The fraction of sp³-hybridized carbons (Fsp3) is 0.293. The maximum atomic E-state index is 6.93. The molecule has 63 heavy (non-hydrogen) atoms. The highest BCUT2D eigenvalue weighted by atomic mass is 16.5. The van der Waals surface area contributed by atoms with Gasteiger partial charge in [0.05, 0.1) is 22.4 Å². The van der Waals surface area contributed by atoms with E-state index >= 15 is 0 Å². The van der Waals surface area contributed by atoms with Gasteiger partial charge in [0.15, 0.2) is 0 Å². The molecule has 8 aromatic rings. The Morgan fingerprint density at radius 3 is 1.83 bits per heavy atom. The quantitative estimate of drug-likeness (QED) is 0.166. The van der Waals surface area contributed by atoms with Crippen molar-refractivity contribution in [1.82, 2.24) is 9.55 Å². The number of fused-ring (bicyclic) bond motifs is 3. The van der Waals surface area contributed by atoms with Crippen molar-refractivity contribution in [3.63, 3.8) is 0 Å². The number of para-hydroxylation sites is 1. The van der Waals surface area contributed by atoms with E-state index in [1.807, 2.05) is 6.20 Å². The van der Waals surface area contributed by atoms with Crippen molar-refractivity contribution in [1.29, 1.82) is 0 Å². The largest absolute Gasteiger partial charge is 0.457 e. The lowest BCUT2D eigenvalue weighted by molar-refractivity contribution is 0.479. The first kappa shape index (κ1) is 43.3. The number of hydrogen-bond acceptors (Lipinski definition) is 4. The molecule has 5 heteroatoms. The zero-order valence-corrected chi connectivity index (χ0v) is 39.6. The molecule has 0 aliphatic heterocycles. The standard InChI is InChI=1S/C58H64N4O/c1-55(2,3)40-23-26-52(50(34-40)60-44-30-39(38-19-15-14-16-20-38)29-42(31-44)57(7,8)9)61(13)45-32-43(58(10,11)12)33-47(36-45)63-46-24-25-49-48-21-17-18-22-51(48)62(53(49)37-46)54-35-41(27-28-59-54)56(4,5)6/h14-37,60H,1-13H3.